The van der Waals surface area contributed by atoms with Gasteiger partial charge < -0.3 is 10.3 Å². The van der Waals surface area contributed by atoms with Crippen molar-refractivity contribution in [1.82, 2.24) is 10.1 Å². The Kier molecular flexibility index (Phi) is 4.14. The summed E-state index contributed by atoms with van der Waals surface area (Å²) in [5.74, 6) is 1.12. The van der Waals surface area contributed by atoms with Crippen LogP contribution in [-0.4, -0.2) is 10.1 Å². The fourth-order valence-corrected chi connectivity index (χ4v) is 2.15. The molecule has 0 aliphatic rings. The summed E-state index contributed by atoms with van der Waals surface area (Å²) < 4.78 is 5.29. The molecule has 0 saturated carbocycles. The summed E-state index contributed by atoms with van der Waals surface area (Å²) in [6, 6.07) is 13.1. The molecule has 6 heteroatoms. The number of azo groups is 1. The fourth-order valence-electron chi connectivity index (χ4n) is 2.15. The van der Waals surface area contributed by atoms with Crippen LogP contribution in [0.3, 0.4) is 0 Å². The van der Waals surface area contributed by atoms with Gasteiger partial charge in [0.25, 0.3) is 5.89 Å². The van der Waals surface area contributed by atoms with Crippen molar-refractivity contribution in [3.05, 3.63) is 53.9 Å². The van der Waals surface area contributed by atoms with Crippen LogP contribution in [0.2, 0.25) is 0 Å². The first-order valence-corrected chi connectivity index (χ1v) is 7.37. The maximum atomic E-state index is 5.75. The van der Waals surface area contributed by atoms with E-state index in [4.69, 9.17) is 10.3 Å². The minimum Gasteiger partial charge on any atom is -0.399 e. The Balaban J connectivity index is 1.95. The highest BCUT2D eigenvalue weighted by Gasteiger charge is 2.11. The summed E-state index contributed by atoms with van der Waals surface area (Å²) in [6.45, 7) is 3.92. The molecule has 3 rings (SSSR count). The first kappa shape index (κ1) is 14.9. The Hall–Kier alpha value is -3.02. The van der Waals surface area contributed by atoms with Crippen molar-refractivity contribution in [3.63, 3.8) is 0 Å². The van der Waals surface area contributed by atoms with Crippen molar-refractivity contribution < 1.29 is 4.52 Å². The Morgan fingerprint density at radius 3 is 2.61 bits per heavy atom. The Labute approximate surface area is 134 Å². The van der Waals surface area contributed by atoms with E-state index in [1.165, 1.54) is 0 Å². The topological polar surface area (TPSA) is 89.7 Å². The van der Waals surface area contributed by atoms with E-state index in [1.807, 2.05) is 50.2 Å². The summed E-state index contributed by atoms with van der Waals surface area (Å²) >= 11 is 0. The number of nitrogens with zero attached hydrogens (tertiary/aromatic N) is 4. The third-order valence-electron chi connectivity index (χ3n) is 3.41. The molecular formula is C17H17N5O. The molecule has 0 amide bonds. The Morgan fingerprint density at radius 1 is 1.09 bits per heavy atom. The van der Waals surface area contributed by atoms with Gasteiger partial charge in [-0.1, -0.05) is 24.2 Å². The van der Waals surface area contributed by atoms with E-state index in [-0.39, 0.29) is 0 Å². The maximum absolute atomic E-state index is 5.75. The van der Waals surface area contributed by atoms with E-state index in [9.17, 15) is 0 Å². The van der Waals surface area contributed by atoms with Gasteiger partial charge in [-0.05, 0) is 42.8 Å². The van der Waals surface area contributed by atoms with Crippen LogP contribution in [-0.2, 0) is 6.42 Å². The summed E-state index contributed by atoms with van der Waals surface area (Å²) in [5, 5.41) is 12.6. The van der Waals surface area contributed by atoms with Gasteiger partial charge >= 0.3 is 0 Å². The van der Waals surface area contributed by atoms with E-state index < -0.39 is 0 Å². The molecule has 6 nitrogen and oxygen atoms in total. The minimum atomic E-state index is 0.449. The Morgan fingerprint density at radius 2 is 1.87 bits per heavy atom. The largest absolute Gasteiger partial charge is 0.399 e. The van der Waals surface area contributed by atoms with Crippen LogP contribution >= 0.6 is 0 Å². The standard InChI is InChI=1S/C17H17N5O/c1-3-16-19-17(23-22-16)13-6-4-5-7-15(13)21-20-14-9-8-12(18)10-11(14)2/h4-10H,3,18H2,1-2H3. The minimum absolute atomic E-state index is 0.449. The van der Waals surface area contributed by atoms with Crippen LogP contribution in [0.15, 0.2) is 57.2 Å². The molecule has 23 heavy (non-hydrogen) atoms. The lowest BCUT2D eigenvalue weighted by atomic mass is 10.2. The van der Waals surface area contributed by atoms with Crippen LogP contribution in [0, 0.1) is 6.92 Å². The third kappa shape index (κ3) is 3.26. The molecule has 0 bridgehead atoms. The molecule has 0 unspecified atom stereocenters. The molecule has 2 aromatic carbocycles. The molecule has 0 aliphatic heterocycles. The van der Waals surface area contributed by atoms with Gasteiger partial charge in [0.2, 0.25) is 0 Å². The van der Waals surface area contributed by atoms with E-state index in [0.717, 1.165) is 23.2 Å². The van der Waals surface area contributed by atoms with Gasteiger partial charge in [0.15, 0.2) is 5.82 Å². The predicted molar refractivity (Wildman–Crippen MR) is 88.9 cm³/mol. The summed E-state index contributed by atoms with van der Waals surface area (Å²) in [6.07, 6.45) is 0.720. The number of anilines is 1. The van der Waals surface area contributed by atoms with Crippen molar-refractivity contribution in [2.75, 3.05) is 5.73 Å². The van der Waals surface area contributed by atoms with Crippen LogP contribution in [0.4, 0.5) is 17.1 Å². The zero-order valence-corrected chi connectivity index (χ0v) is 13.0. The number of aromatic nitrogens is 2. The van der Waals surface area contributed by atoms with Crippen molar-refractivity contribution in [2.45, 2.75) is 20.3 Å². The number of nitrogen functional groups attached to an aromatic ring is 1. The number of nitrogens with two attached hydrogens (primary N) is 1. The van der Waals surface area contributed by atoms with Gasteiger partial charge in [0.1, 0.15) is 0 Å². The summed E-state index contributed by atoms with van der Waals surface area (Å²) in [7, 11) is 0. The normalized spacial score (nSPS) is 11.2. The van der Waals surface area contributed by atoms with Crippen molar-refractivity contribution in [2.24, 2.45) is 10.2 Å². The molecule has 0 fully saturated rings. The van der Waals surface area contributed by atoms with Crippen LogP contribution in [0.25, 0.3) is 11.5 Å². The second-order valence-corrected chi connectivity index (χ2v) is 5.13. The molecule has 1 aromatic heterocycles. The Bertz CT molecular complexity index is 854. The molecule has 0 radical (unpaired) electrons. The maximum Gasteiger partial charge on any atom is 0.260 e. The monoisotopic (exact) mass is 307 g/mol. The van der Waals surface area contributed by atoms with Gasteiger partial charge in [0, 0.05) is 12.1 Å². The van der Waals surface area contributed by atoms with Crippen LogP contribution < -0.4 is 5.73 Å². The van der Waals surface area contributed by atoms with Gasteiger partial charge in [-0.3, -0.25) is 0 Å². The molecular weight excluding hydrogens is 290 g/mol. The molecule has 3 aromatic rings. The lowest BCUT2D eigenvalue weighted by Crippen LogP contribution is -1.84. The zero-order valence-electron chi connectivity index (χ0n) is 13.0. The molecule has 0 atom stereocenters. The molecule has 1 heterocycles. The quantitative estimate of drug-likeness (QED) is 0.563. The van der Waals surface area contributed by atoms with E-state index in [0.29, 0.717) is 23.1 Å². The van der Waals surface area contributed by atoms with Gasteiger partial charge in [-0.2, -0.15) is 10.1 Å². The van der Waals surface area contributed by atoms with Gasteiger partial charge in [0.05, 0.1) is 16.9 Å². The highest BCUT2D eigenvalue weighted by molar-refractivity contribution is 5.69. The second-order valence-electron chi connectivity index (χ2n) is 5.13. The number of hydrogen-bond acceptors (Lipinski definition) is 6. The van der Waals surface area contributed by atoms with Gasteiger partial charge in [-0.25, -0.2) is 0 Å². The molecule has 0 aliphatic carbocycles. The number of rotatable bonds is 4. The highest BCUT2D eigenvalue weighted by Crippen LogP contribution is 2.31. The van der Waals surface area contributed by atoms with E-state index in [1.54, 1.807) is 6.07 Å². The van der Waals surface area contributed by atoms with Crippen molar-refractivity contribution in [1.29, 1.82) is 0 Å². The first-order chi connectivity index (χ1) is 11.2. The number of benzene rings is 2. The lowest BCUT2D eigenvalue weighted by Gasteiger charge is -2.02. The molecule has 116 valence electrons. The smallest absolute Gasteiger partial charge is 0.260 e. The summed E-state index contributed by atoms with van der Waals surface area (Å²) in [4.78, 5) is 4.35. The highest BCUT2D eigenvalue weighted by atomic mass is 16.5. The fraction of sp³-hybridized carbons (Fsp3) is 0.176. The second kappa shape index (κ2) is 6.39. The summed E-state index contributed by atoms with van der Waals surface area (Å²) in [5.41, 5.74) is 9.64. The average Bonchev–Trinajstić information content (AvgIpc) is 3.03. The molecule has 2 N–H and O–H groups in total. The van der Waals surface area contributed by atoms with E-state index >= 15 is 0 Å². The molecule has 0 saturated heterocycles. The number of hydrogen-bond donors (Lipinski definition) is 1. The van der Waals surface area contributed by atoms with Crippen LogP contribution in [0.1, 0.15) is 18.3 Å². The number of aryl methyl sites for hydroxylation is 2. The third-order valence-corrected chi connectivity index (χ3v) is 3.41. The van der Waals surface area contributed by atoms with E-state index in [2.05, 4.69) is 20.4 Å². The van der Waals surface area contributed by atoms with Crippen LogP contribution in [0.5, 0.6) is 0 Å². The van der Waals surface area contributed by atoms with Crippen molar-refractivity contribution >= 4 is 17.1 Å². The average molecular weight is 307 g/mol. The van der Waals surface area contributed by atoms with Gasteiger partial charge in [-0.15, -0.1) is 5.11 Å². The predicted octanol–water partition coefficient (Wildman–Crippen LogP) is 4.61. The SMILES string of the molecule is CCc1noc(-c2ccccc2N=Nc2ccc(N)cc2C)n1. The van der Waals surface area contributed by atoms with Crippen molar-refractivity contribution in [3.8, 4) is 11.5 Å². The zero-order chi connectivity index (χ0) is 16.2. The molecule has 0 spiro atoms. The first-order valence-electron chi connectivity index (χ1n) is 7.37. The lowest BCUT2D eigenvalue weighted by molar-refractivity contribution is 0.423.